The second kappa shape index (κ2) is 5.66. The van der Waals surface area contributed by atoms with Gasteiger partial charge in [0.1, 0.15) is 5.54 Å². The van der Waals surface area contributed by atoms with Gasteiger partial charge in [-0.25, -0.2) is 14.0 Å². The molecule has 0 spiro atoms. The van der Waals surface area contributed by atoms with Gasteiger partial charge in [0.15, 0.2) is 5.82 Å². The first-order chi connectivity index (χ1) is 9.44. The number of halogens is 2. The molecule has 2 amide bonds. The predicted octanol–water partition coefficient (Wildman–Crippen LogP) is 3.00. The molecule has 108 valence electrons. The summed E-state index contributed by atoms with van der Waals surface area (Å²) in [6.07, 6.45) is 2.21. The Kier molecular flexibility index (Phi) is 4.13. The first-order valence-electron chi connectivity index (χ1n) is 6.21. The Hall–Kier alpha value is -1.82. The molecule has 1 aromatic rings. The number of carboxylic acids is 1. The summed E-state index contributed by atoms with van der Waals surface area (Å²) in [6, 6.07) is 3.44. The Bertz CT molecular complexity index is 544. The van der Waals surface area contributed by atoms with Gasteiger partial charge in [-0.2, -0.15) is 0 Å². The fraction of sp³-hybridized carbons (Fsp3) is 0.385. The van der Waals surface area contributed by atoms with Gasteiger partial charge in [0.2, 0.25) is 0 Å². The predicted molar refractivity (Wildman–Crippen MR) is 72.4 cm³/mol. The number of aliphatic carboxylic acids is 1. The number of rotatable bonds is 3. The number of hydrogen-bond donors (Lipinski definition) is 3. The summed E-state index contributed by atoms with van der Waals surface area (Å²) in [5, 5.41) is 13.8. The van der Waals surface area contributed by atoms with E-state index in [4.69, 9.17) is 11.6 Å². The van der Waals surface area contributed by atoms with Crippen LogP contribution in [-0.2, 0) is 4.79 Å². The maximum Gasteiger partial charge on any atom is 0.329 e. The maximum atomic E-state index is 13.6. The number of hydrogen-bond acceptors (Lipinski definition) is 2. The Morgan fingerprint density at radius 2 is 1.95 bits per heavy atom. The van der Waals surface area contributed by atoms with E-state index in [0.717, 1.165) is 12.8 Å². The van der Waals surface area contributed by atoms with Crippen LogP contribution in [0.2, 0.25) is 5.02 Å². The second-order valence-corrected chi connectivity index (χ2v) is 5.18. The van der Waals surface area contributed by atoms with E-state index in [1.807, 2.05) is 0 Å². The minimum atomic E-state index is -1.26. The first kappa shape index (κ1) is 14.6. The monoisotopic (exact) mass is 300 g/mol. The van der Waals surface area contributed by atoms with E-state index in [0.29, 0.717) is 12.8 Å². The summed E-state index contributed by atoms with van der Waals surface area (Å²) in [5.74, 6) is -1.82. The van der Waals surface area contributed by atoms with Gasteiger partial charge >= 0.3 is 12.0 Å². The summed E-state index contributed by atoms with van der Waals surface area (Å²) in [5.41, 5.74) is -1.35. The average Bonchev–Trinajstić information content (AvgIpc) is 2.85. The molecule has 1 aromatic carbocycles. The van der Waals surface area contributed by atoms with Crippen LogP contribution in [0, 0.1) is 5.82 Å². The first-order valence-corrected chi connectivity index (χ1v) is 6.59. The van der Waals surface area contributed by atoms with Crippen LogP contribution in [0.3, 0.4) is 0 Å². The molecule has 5 nitrogen and oxygen atoms in total. The summed E-state index contributed by atoms with van der Waals surface area (Å²) in [4.78, 5) is 23.1. The Balaban J connectivity index is 2.09. The van der Waals surface area contributed by atoms with Crippen molar-refractivity contribution in [3.63, 3.8) is 0 Å². The zero-order valence-corrected chi connectivity index (χ0v) is 11.3. The Morgan fingerprint density at radius 3 is 2.55 bits per heavy atom. The fourth-order valence-corrected chi connectivity index (χ4v) is 2.52. The van der Waals surface area contributed by atoms with Gasteiger partial charge in [-0.15, -0.1) is 0 Å². The molecule has 1 saturated carbocycles. The molecular formula is C13H14ClFN2O3. The standard InChI is InChI=1S/C13H14ClFN2O3/c14-8-4-3-5-9(10(8)15)16-12(20)17-13(11(18)19)6-1-2-7-13/h3-5H,1-2,6-7H2,(H,18,19)(H2,16,17,20). The molecule has 0 unspecified atom stereocenters. The molecule has 0 heterocycles. The molecule has 3 N–H and O–H groups in total. The smallest absolute Gasteiger partial charge is 0.329 e. The molecule has 1 aliphatic carbocycles. The lowest BCUT2D eigenvalue weighted by atomic mass is 9.98. The van der Waals surface area contributed by atoms with E-state index in [-0.39, 0.29) is 10.7 Å². The molecule has 2 rings (SSSR count). The van der Waals surface area contributed by atoms with Gasteiger partial charge in [-0.05, 0) is 25.0 Å². The van der Waals surface area contributed by atoms with Gasteiger partial charge in [0, 0.05) is 0 Å². The number of carbonyl (C=O) groups excluding carboxylic acids is 1. The van der Waals surface area contributed by atoms with Crippen LogP contribution < -0.4 is 10.6 Å². The third kappa shape index (κ3) is 2.85. The van der Waals surface area contributed by atoms with Gasteiger partial charge in [0.25, 0.3) is 0 Å². The topological polar surface area (TPSA) is 78.4 Å². The summed E-state index contributed by atoms with van der Waals surface area (Å²) in [6.45, 7) is 0. The lowest BCUT2D eigenvalue weighted by molar-refractivity contribution is -0.144. The molecular weight excluding hydrogens is 287 g/mol. The van der Waals surface area contributed by atoms with Crippen molar-refractivity contribution in [1.29, 1.82) is 0 Å². The molecule has 1 aliphatic rings. The number of benzene rings is 1. The quantitative estimate of drug-likeness (QED) is 0.803. The third-order valence-electron chi connectivity index (χ3n) is 3.42. The van der Waals surface area contributed by atoms with Crippen molar-refractivity contribution >= 4 is 29.3 Å². The lowest BCUT2D eigenvalue weighted by Gasteiger charge is -2.25. The highest BCUT2D eigenvalue weighted by Gasteiger charge is 2.42. The Morgan fingerprint density at radius 1 is 1.30 bits per heavy atom. The molecule has 7 heteroatoms. The van der Waals surface area contributed by atoms with Crippen LogP contribution in [0.15, 0.2) is 18.2 Å². The van der Waals surface area contributed by atoms with Crippen molar-refractivity contribution in [3.05, 3.63) is 29.0 Å². The van der Waals surface area contributed by atoms with Crippen LogP contribution in [0.5, 0.6) is 0 Å². The van der Waals surface area contributed by atoms with Crippen LogP contribution in [0.4, 0.5) is 14.9 Å². The zero-order chi connectivity index (χ0) is 14.8. The molecule has 0 aromatic heterocycles. The maximum absolute atomic E-state index is 13.6. The van der Waals surface area contributed by atoms with Crippen molar-refractivity contribution in [2.24, 2.45) is 0 Å². The fourth-order valence-electron chi connectivity index (χ4n) is 2.34. The van der Waals surface area contributed by atoms with Gasteiger partial charge < -0.3 is 15.7 Å². The minimum Gasteiger partial charge on any atom is -0.480 e. The number of carbonyl (C=O) groups is 2. The average molecular weight is 301 g/mol. The molecule has 20 heavy (non-hydrogen) atoms. The number of nitrogens with one attached hydrogen (secondary N) is 2. The largest absolute Gasteiger partial charge is 0.480 e. The van der Waals surface area contributed by atoms with E-state index in [2.05, 4.69) is 10.6 Å². The molecule has 0 atom stereocenters. The Labute approximate surface area is 120 Å². The van der Waals surface area contributed by atoms with E-state index in [1.165, 1.54) is 18.2 Å². The number of anilines is 1. The van der Waals surface area contributed by atoms with Gasteiger partial charge in [0.05, 0.1) is 10.7 Å². The minimum absolute atomic E-state index is 0.0893. The SMILES string of the molecule is O=C(Nc1cccc(Cl)c1F)NC1(C(=O)O)CCCC1. The zero-order valence-electron chi connectivity index (χ0n) is 10.6. The number of carboxylic acid groups (broad SMARTS) is 1. The van der Waals surface area contributed by atoms with E-state index in [1.54, 1.807) is 0 Å². The number of urea groups is 1. The summed E-state index contributed by atoms with van der Waals surface area (Å²) < 4.78 is 13.6. The molecule has 0 radical (unpaired) electrons. The van der Waals surface area contributed by atoms with Crippen molar-refractivity contribution in [2.75, 3.05) is 5.32 Å². The highest BCUT2D eigenvalue weighted by atomic mass is 35.5. The van der Waals surface area contributed by atoms with Crippen molar-refractivity contribution < 1.29 is 19.1 Å². The molecule has 0 saturated heterocycles. The molecule has 0 aliphatic heterocycles. The van der Waals surface area contributed by atoms with E-state index in [9.17, 15) is 19.1 Å². The summed E-state index contributed by atoms with van der Waals surface area (Å²) in [7, 11) is 0. The van der Waals surface area contributed by atoms with Gasteiger partial charge in [-0.3, -0.25) is 0 Å². The van der Waals surface area contributed by atoms with Crippen molar-refractivity contribution in [1.82, 2.24) is 5.32 Å². The number of amides is 2. The van der Waals surface area contributed by atoms with Gasteiger partial charge in [-0.1, -0.05) is 30.5 Å². The highest BCUT2D eigenvalue weighted by Crippen LogP contribution is 2.30. The van der Waals surface area contributed by atoms with Crippen LogP contribution >= 0.6 is 11.6 Å². The summed E-state index contributed by atoms with van der Waals surface area (Å²) >= 11 is 5.60. The van der Waals surface area contributed by atoms with Crippen molar-refractivity contribution in [2.45, 2.75) is 31.2 Å². The molecule has 1 fully saturated rings. The van der Waals surface area contributed by atoms with Crippen LogP contribution in [0.25, 0.3) is 0 Å². The molecule has 0 bridgehead atoms. The highest BCUT2D eigenvalue weighted by molar-refractivity contribution is 6.31. The third-order valence-corrected chi connectivity index (χ3v) is 3.71. The van der Waals surface area contributed by atoms with Crippen LogP contribution in [-0.4, -0.2) is 22.6 Å². The van der Waals surface area contributed by atoms with E-state index < -0.39 is 23.4 Å². The normalized spacial score (nSPS) is 16.7. The van der Waals surface area contributed by atoms with Crippen LogP contribution in [0.1, 0.15) is 25.7 Å². The van der Waals surface area contributed by atoms with Crippen molar-refractivity contribution in [3.8, 4) is 0 Å². The second-order valence-electron chi connectivity index (χ2n) is 4.77. The lowest BCUT2D eigenvalue weighted by Crippen LogP contribution is -2.53. The van der Waals surface area contributed by atoms with E-state index >= 15 is 0 Å².